The standard InChI is InChI=1S/C25H18ClN3O2S2/c26-19-11-13-20(14-12-19)33-22(17-7-3-1-4-8-17)21(24(31)29-25-27-15-16-32-25)28-23(30)18-9-5-2-6-10-18/h1-16H,(H,28,30)(H,27,29,31)/b22-21-. The minimum Gasteiger partial charge on any atom is -0.316 e. The number of nitrogens with zero attached hydrogens (tertiary/aromatic N) is 1. The summed E-state index contributed by atoms with van der Waals surface area (Å²) in [6.45, 7) is 0. The number of carbonyl (C=O) groups is 2. The molecule has 0 saturated heterocycles. The quantitative estimate of drug-likeness (QED) is 0.234. The third kappa shape index (κ3) is 6.10. The Hall–Kier alpha value is -3.39. The number of aromatic nitrogens is 1. The van der Waals surface area contributed by atoms with Gasteiger partial charge in [0.05, 0.1) is 0 Å². The summed E-state index contributed by atoms with van der Waals surface area (Å²) in [7, 11) is 0. The molecular weight excluding hydrogens is 474 g/mol. The largest absolute Gasteiger partial charge is 0.316 e. The Labute approximate surface area is 204 Å². The van der Waals surface area contributed by atoms with Crippen molar-refractivity contribution in [2.24, 2.45) is 0 Å². The van der Waals surface area contributed by atoms with Crippen molar-refractivity contribution in [1.29, 1.82) is 0 Å². The number of benzene rings is 3. The van der Waals surface area contributed by atoms with Gasteiger partial charge in [0.1, 0.15) is 5.70 Å². The smallest absolute Gasteiger partial charge is 0.275 e. The van der Waals surface area contributed by atoms with Crippen LogP contribution in [-0.2, 0) is 4.79 Å². The van der Waals surface area contributed by atoms with Crippen LogP contribution in [0.5, 0.6) is 0 Å². The zero-order chi connectivity index (χ0) is 23.0. The maximum atomic E-state index is 13.4. The average Bonchev–Trinajstić information content (AvgIpc) is 3.36. The van der Waals surface area contributed by atoms with Gasteiger partial charge in [0.15, 0.2) is 5.13 Å². The molecule has 2 N–H and O–H groups in total. The molecule has 1 heterocycles. The average molecular weight is 492 g/mol. The number of thiazole rings is 1. The number of rotatable bonds is 7. The molecule has 4 aromatic rings. The van der Waals surface area contributed by atoms with Gasteiger partial charge in [0.2, 0.25) is 0 Å². The summed E-state index contributed by atoms with van der Waals surface area (Å²) in [6.07, 6.45) is 1.60. The molecule has 0 radical (unpaired) electrons. The van der Waals surface area contributed by atoms with Gasteiger partial charge in [0.25, 0.3) is 11.8 Å². The second-order valence-electron chi connectivity index (χ2n) is 6.74. The molecule has 0 spiro atoms. The van der Waals surface area contributed by atoms with Gasteiger partial charge in [-0.1, -0.05) is 71.9 Å². The molecule has 0 aliphatic rings. The molecule has 0 atom stereocenters. The molecule has 164 valence electrons. The van der Waals surface area contributed by atoms with Crippen LogP contribution < -0.4 is 10.6 Å². The van der Waals surface area contributed by atoms with E-state index in [0.29, 0.717) is 20.6 Å². The topological polar surface area (TPSA) is 71.1 Å². The summed E-state index contributed by atoms with van der Waals surface area (Å²) in [5, 5.41) is 8.44. The van der Waals surface area contributed by atoms with Crippen molar-refractivity contribution in [3.63, 3.8) is 0 Å². The fourth-order valence-corrected chi connectivity index (χ4v) is 4.56. The third-order valence-corrected chi connectivity index (χ3v) is 6.54. The van der Waals surface area contributed by atoms with Crippen LogP contribution in [0.4, 0.5) is 5.13 Å². The number of nitrogens with one attached hydrogen (secondary N) is 2. The van der Waals surface area contributed by atoms with E-state index >= 15 is 0 Å². The second-order valence-corrected chi connectivity index (χ2v) is 9.15. The van der Waals surface area contributed by atoms with E-state index in [1.807, 2.05) is 48.5 Å². The first kappa shape index (κ1) is 22.8. The lowest BCUT2D eigenvalue weighted by Gasteiger charge is -2.16. The maximum absolute atomic E-state index is 13.4. The van der Waals surface area contributed by atoms with E-state index in [0.717, 1.165) is 10.5 Å². The zero-order valence-corrected chi connectivity index (χ0v) is 19.6. The Morgan fingerprint density at radius 3 is 2.09 bits per heavy atom. The SMILES string of the molecule is O=C(Nc1nccs1)/C(NC(=O)c1ccccc1)=C(/Sc1ccc(Cl)cc1)c1ccccc1. The second kappa shape index (κ2) is 11.0. The van der Waals surface area contributed by atoms with E-state index in [2.05, 4.69) is 15.6 Å². The molecule has 1 aromatic heterocycles. The van der Waals surface area contributed by atoms with Gasteiger partial charge >= 0.3 is 0 Å². The van der Waals surface area contributed by atoms with Crippen molar-refractivity contribution in [1.82, 2.24) is 10.3 Å². The molecule has 0 saturated carbocycles. The lowest BCUT2D eigenvalue weighted by atomic mass is 10.1. The van der Waals surface area contributed by atoms with Gasteiger partial charge in [-0.25, -0.2) is 4.98 Å². The van der Waals surface area contributed by atoms with Crippen molar-refractivity contribution in [3.05, 3.63) is 118 Å². The van der Waals surface area contributed by atoms with Crippen LogP contribution in [0.1, 0.15) is 15.9 Å². The zero-order valence-electron chi connectivity index (χ0n) is 17.2. The minimum atomic E-state index is -0.463. The first-order valence-corrected chi connectivity index (χ1v) is 12.0. The van der Waals surface area contributed by atoms with E-state index < -0.39 is 5.91 Å². The molecule has 0 aliphatic heterocycles. The highest BCUT2D eigenvalue weighted by Crippen LogP contribution is 2.37. The van der Waals surface area contributed by atoms with E-state index in [-0.39, 0.29) is 11.6 Å². The van der Waals surface area contributed by atoms with Gasteiger partial charge in [0, 0.05) is 32.0 Å². The number of anilines is 1. The Morgan fingerprint density at radius 1 is 0.848 bits per heavy atom. The minimum absolute atomic E-state index is 0.130. The molecule has 33 heavy (non-hydrogen) atoms. The normalized spacial score (nSPS) is 11.4. The molecule has 8 heteroatoms. The van der Waals surface area contributed by atoms with Gasteiger partial charge in [-0.3, -0.25) is 14.9 Å². The first-order valence-electron chi connectivity index (χ1n) is 9.90. The number of carbonyl (C=O) groups excluding carboxylic acids is 2. The van der Waals surface area contributed by atoms with Crippen molar-refractivity contribution < 1.29 is 9.59 Å². The third-order valence-electron chi connectivity index (χ3n) is 4.45. The molecule has 0 unspecified atom stereocenters. The molecule has 3 aromatic carbocycles. The summed E-state index contributed by atoms with van der Waals surface area (Å²) >= 11 is 8.71. The van der Waals surface area contributed by atoms with E-state index in [1.54, 1.807) is 48.0 Å². The van der Waals surface area contributed by atoms with Gasteiger partial charge in [-0.05, 0) is 42.0 Å². The van der Waals surface area contributed by atoms with Crippen molar-refractivity contribution >= 4 is 56.6 Å². The number of hydrogen-bond acceptors (Lipinski definition) is 5. The summed E-state index contributed by atoms with van der Waals surface area (Å²) in [6, 6.07) is 25.5. The Bertz CT molecular complexity index is 1260. The molecule has 5 nitrogen and oxygen atoms in total. The summed E-state index contributed by atoms with van der Waals surface area (Å²) in [5.74, 6) is -0.848. The Morgan fingerprint density at radius 2 is 1.48 bits per heavy atom. The number of hydrogen-bond donors (Lipinski definition) is 2. The van der Waals surface area contributed by atoms with Gasteiger partial charge in [-0.2, -0.15) is 0 Å². The highest BCUT2D eigenvalue weighted by atomic mass is 35.5. The lowest BCUT2D eigenvalue weighted by molar-refractivity contribution is -0.113. The summed E-state index contributed by atoms with van der Waals surface area (Å²) in [4.78, 5) is 32.0. The first-order chi connectivity index (χ1) is 16.1. The summed E-state index contributed by atoms with van der Waals surface area (Å²) in [5.41, 5.74) is 1.36. The van der Waals surface area contributed by atoms with Crippen LogP contribution in [0.2, 0.25) is 5.02 Å². The Kier molecular flexibility index (Phi) is 7.57. The fourth-order valence-electron chi connectivity index (χ4n) is 2.90. The number of thioether (sulfide) groups is 1. The lowest BCUT2D eigenvalue weighted by Crippen LogP contribution is -2.31. The highest BCUT2D eigenvalue weighted by molar-refractivity contribution is 8.08. The van der Waals surface area contributed by atoms with E-state index in [9.17, 15) is 9.59 Å². The molecule has 0 fully saturated rings. The van der Waals surface area contributed by atoms with Gasteiger partial charge < -0.3 is 5.32 Å². The summed E-state index contributed by atoms with van der Waals surface area (Å²) < 4.78 is 0. The van der Waals surface area contributed by atoms with Crippen LogP contribution in [-0.4, -0.2) is 16.8 Å². The Balaban J connectivity index is 1.79. The molecule has 2 amide bonds. The van der Waals surface area contributed by atoms with Crippen LogP contribution in [0.15, 0.2) is 107 Å². The molecule has 4 rings (SSSR count). The van der Waals surface area contributed by atoms with Crippen LogP contribution in [0.25, 0.3) is 4.91 Å². The highest BCUT2D eigenvalue weighted by Gasteiger charge is 2.22. The fraction of sp³-hybridized carbons (Fsp3) is 0. The van der Waals surface area contributed by atoms with Crippen LogP contribution in [0.3, 0.4) is 0 Å². The van der Waals surface area contributed by atoms with Crippen LogP contribution in [0, 0.1) is 0 Å². The van der Waals surface area contributed by atoms with Crippen LogP contribution >= 0.6 is 34.7 Å². The molecule has 0 aliphatic carbocycles. The van der Waals surface area contributed by atoms with Crippen molar-refractivity contribution in [2.45, 2.75) is 4.90 Å². The van der Waals surface area contributed by atoms with E-state index in [4.69, 9.17) is 11.6 Å². The molecule has 0 bridgehead atoms. The number of halogens is 1. The van der Waals surface area contributed by atoms with E-state index in [1.165, 1.54) is 23.1 Å². The monoisotopic (exact) mass is 491 g/mol. The maximum Gasteiger partial charge on any atom is 0.275 e. The predicted molar refractivity (Wildman–Crippen MR) is 135 cm³/mol. The van der Waals surface area contributed by atoms with Crippen molar-refractivity contribution in [3.8, 4) is 0 Å². The molecular formula is C25H18ClN3O2S2. The number of amides is 2. The van der Waals surface area contributed by atoms with Gasteiger partial charge in [-0.15, -0.1) is 11.3 Å². The van der Waals surface area contributed by atoms with Crippen molar-refractivity contribution in [2.75, 3.05) is 5.32 Å². The predicted octanol–water partition coefficient (Wildman–Crippen LogP) is 6.33.